The molecule has 130 valence electrons. The Morgan fingerprint density at radius 3 is 2.84 bits per heavy atom. The van der Waals surface area contributed by atoms with Gasteiger partial charge in [-0.15, -0.1) is 0 Å². The van der Waals surface area contributed by atoms with Gasteiger partial charge in [0.05, 0.1) is 29.4 Å². The molecule has 1 atom stereocenters. The molecule has 0 aliphatic carbocycles. The van der Waals surface area contributed by atoms with Gasteiger partial charge in [-0.2, -0.15) is 0 Å². The van der Waals surface area contributed by atoms with E-state index in [1.54, 1.807) is 32.2 Å². The predicted octanol–water partition coefficient (Wildman–Crippen LogP) is 2.28. The normalized spacial score (nSPS) is 16.2. The third kappa shape index (κ3) is 3.17. The quantitative estimate of drug-likeness (QED) is 0.492. The van der Waals surface area contributed by atoms with Gasteiger partial charge < -0.3 is 15.0 Å². The van der Waals surface area contributed by atoms with Crippen LogP contribution in [0.4, 0.5) is 5.82 Å². The Morgan fingerprint density at radius 2 is 2.20 bits per heavy atom. The van der Waals surface area contributed by atoms with E-state index in [1.165, 1.54) is 11.8 Å². The first-order chi connectivity index (χ1) is 12.1. The Hall–Kier alpha value is -2.61. The van der Waals surface area contributed by atoms with Crippen LogP contribution in [0.3, 0.4) is 0 Å². The third-order valence-corrected chi connectivity index (χ3v) is 4.47. The summed E-state index contributed by atoms with van der Waals surface area (Å²) < 4.78 is 5.20. The molecule has 0 bridgehead atoms. The minimum atomic E-state index is -0.636. The van der Waals surface area contributed by atoms with E-state index < -0.39 is 11.9 Å². The van der Waals surface area contributed by atoms with E-state index in [-0.39, 0.29) is 12.2 Å². The highest BCUT2D eigenvalue weighted by Gasteiger charge is 2.37. The van der Waals surface area contributed by atoms with Gasteiger partial charge in [0.2, 0.25) is 0 Å². The fraction of sp³-hybridized carbons (Fsp3) is 0.294. The van der Waals surface area contributed by atoms with Crippen molar-refractivity contribution in [3.63, 3.8) is 0 Å². The summed E-state index contributed by atoms with van der Waals surface area (Å²) in [5, 5.41) is 3.57. The van der Waals surface area contributed by atoms with Crippen LogP contribution < -0.4 is 10.9 Å². The maximum atomic E-state index is 12.7. The van der Waals surface area contributed by atoms with Crippen molar-refractivity contribution in [2.24, 2.45) is 0 Å². The number of carbonyl (C=O) groups excluding carboxylic acids is 1. The topological polar surface area (TPSA) is 97.0 Å². The van der Waals surface area contributed by atoms with E-state index in [9.17, 15) is 9.59 Å². The molecule has 0 unspecified atom stereocenters. The first-order valence-corrected chi connectivity index (χ1v) is 9.03. The number of carbonyl (C=O) groups is 1. The Bertz CT molecular complexity index is 893. The summed E-state index contributed by atoms with van der Waals surface area (Å²) in [7, 11) is 0. The average molecular weight is 358 g/mol. The molecule has 0 fully saturated rings. The molecule has 8 heteroatoms. The Kier molecular flexibility index (Phi) is 4.89. The van der Waals surface area contributed by atoms with E-state index in [0.717, 1.165) is 0 Å². The zero-order valence-corrected chi connectivity index (χ0v) is 14.9. The largest absolute Gasteiger partial charge is 0.463 e. The monoisotopic (exact) mass is 358 g/mol. The number of hydrogen-bond donors (Lipinski definition) is 2. The second kappa shape index (κ2) is 7.10. The standard InChI is InChI=1S/C17H18N4O3S/c1-4-24-16(23)11-9(2)19-14-13(15(22)21-17(20-14)25-3)12(11)10-7-5-6-8-18-10/h5-8,12H,4H2,1-3H3,(H2,19,20,21,22)/t12-/m0/s1. The number of aromatic amines is 1. The van der Waals surface area contributed by atoms with Crippen molar-refractivity contribution < 1.29 is 9.53 Å². The van der Waals surface area contributed by atoms with E-state index >= 15 is 0 Å². The molecule has 7 nitrogen and oxygen atoms in total. The fourth-order valence-electron chi connectivity index (χ4n) is 2.85. The number of pyridine rings is 1. The molecule has 0 amide bonds. The number of thioether (sulfide) groups is 1. The van der Waals surface area contributed by atoms with Gasteiger partial charge in [0.1, 0.15) is 5.82 Å². The van der Waals surface area contributed by atoms with Crippen LogP contribution in [-0.2, 0) is 9.53 Å². The molecule has 0 saturated carbocycles. The first kappa shape index (κ1) is 17.2. The van der Waals surface area contributed by atoms with Crippen molar-refractivity contribution >= 4 is 23.5 Å². The molecule has 2 N–H and O–H groups in total. The summed E-state index contributed by atoms with van der Waals surface area (Å²) in [6.45, 7) is 3.76. The van der Waals surface area contributed by atoms with Crippen LogP contribution in [0.15, 0.2) is 45.6 Å². The number of ether oxygens (including phenoxy) is 1. The zero-order chi connectivity index (χ0) is 18.0. The molecule has 1 aliphatic heterocycles. The number of nitrogens with one attached hydrogen (secondary N) is 2. The van der Waals surface area contributed by atoms with Gasteiger partial charge in [0.25, 0.3) is 5.56 Å². The minimum Gasteiger partial charge on any atom is -0.463 e. The Balaban J connectivity index is 2.25. The highest BCUT2D eigenvalue weighted by Crippen LogP contribution is 2.39. The summed E-state index contributed by atoms with van der Waals surface area (Å²) in [5.41, 5.74) is 1.64. The van der Waals surface area contributed by atoms with E-state index in [4.69, 9.17) is 4.74 Å². The molecule has 1 aliphatic rings. The minimum absolute atomic E-state index is 0.247. The van der Waals surface area contributed by atoms with Crippen molar-refractivity contribution in [1.29, 1.82) is 0 Å². The summed E-state index contributed by atoms with van der Waals surface area (Å²) in [6.07, 6.45) is 3.46. The van der Waals surface area contributed by atoms with Crippen LogP contribution in [-0.4, -0.2) is 33.8 Å². The van der Waals surface area contributed by atoms with Crippen LogP contribution in [0.2, 0.25) is 0 Å². The van der Waals surface area contributed by atoms with Gasteiger partial charge in [-0.3, -0.25) is 9.78 Å². The number of hydrogen-bond acceptors (Lipinski definition) is 7. The number of nitrogens with zero attached hydrogens (tertiary/aromatic N) is 2. The van der Waals surface area contributed by atoms with Gasteiger partial charge in [-0.25, -0.2) is 9.78 Å². The van der Waals surface area contributed by atoms with Gasteiger partial charge in [-0.05, 0) is 32.2 Å². The van der Waals surface area contributed by atoms with E-state index in [2.05, 4.69) is 20.3 Å². The predicted molar refractivity (Wildman–Crippen MR) is 95.7 cm³/mol. The SMILES string of the molecule is CCOC(=O)C1=C(C)Nc2nc(SC)[nH]c(=O)c2[C@H]1c1ccccn1. The molecular formula is C17H18N4O3S. The molecule has 2 aromatic rings. The molecular weight excluding hydrogens is 340 g/mol. The van der Waals surface area contributed by atoms with Gasteiger partial charge in [-0.1, -0.05) is 17.8 Å². The Labute approximate surface area is 148 Å². The molecule has 25 heavy (non-hydrogen) atoms. The summed E-state index contributed by atoms with van der Waals surface area (Å²) in [4.78, 5) is 36.8. The van der Waals surface area contributed by atoms with Crippen molar-refractivity contribution in [3.05, 3.63) is 57.3 Å². The van der Waals surface area contributed by atoms with E-state index in [1.807, 2.05) is 12.3 Å². The number of esters is 1. The van der Waals surface area contributed by atoms with Crippen LogP contribution in [0, 0.1) is 0 Å². The number of aromatic nitrogens is 3. The van der Waals surface area contributed by atoms with E-state index in [0.29, 0.717) is 33.5 Å². The molecule has 2 aromatic heterocycles. The highest BCUT2D eigenvalue weighted by atomic mass is 32.2. The maximum Gasteiger partial charge on any atom is 0.336 e. The van der Waals surface area contributed by atoms with Crippen LogP contribution in [0.1, 0.15) is 31.0 Å². The first-order valence-electron chi connectivity index (χ1n) is 7.80. The maximum absolute atomic E-state index is 12.7. The van der Waals surface area contributed by atoms with Crippen molar-refractivity contribution in [3.8, 4) is 0 Å². The lowest BCUT2D eigenvalue weighted by Gasteiger charge is -2.28. The molecule has 3 heterocycles. The number of fused-ring (bicyclic) bond motifs is 1. The molecule has 0 spiro atoms. The van der Waals surface area contributed by atoms with Gasteiger partial charge >= 0.3 is 5.97 Å². The smallest absolute Gasteiger partial charge is 0.336 e. The summed E-state index contributed by atoms with van der Waals surface area (Å²) in [6, 6.07) is 5.39. The van der Waals surface area contributed by atoms with Crippen molar-refractivity contribution in [2.75, 3.05) is 18.2 Å². The molecule has 0 saturated heterocycles. The fourth-order valence-corrected chi connectivity index (χ4v) is 3.23. The lowest BCUT2D eigenvalue weighted by Crippen LogP contribution is -2.31. The number of H-pyrrole nitrogens is 1. The van der Waals surface area contributed by atoms with Gasteiger partial charge in [0, 0.05) is 11.9 Å². The van der Waals surface area contributed by atoms with Crippen LogP contribution in [0.25, 0.3) is 0 Å². The second-order valence-corrected chi connectivity index (χ2v) is 6.20. The van der Waals surface area contributed by atoms with Crippen LogP contribution >= 0.6 is 11.8 Å². The highest BCUT2D eigenvalue weighted by molar-refractivity contribution is 7.98. The summed E-state index contributed by atoms with van der Waals surface area (Å²) >= 11 is 1.34. The lowest BCUT2D eigenvalue weighted by molar-refractivity contribution is -0.138. The van der Waals surface area contributed by atoms with Crippen molar-refractivity contribution in [2.45, 2.75) is 24.9 Å². The summed E-state index contributed by atoms with van der Waals surface area (Å²) in [5.74, 6) is -0.667. The third-order valence-electron chi connectivity index (χ3n) is 3.89. The number of allylic oxidation sites excluding steroid dienone is 1. The zero-order valence-electron chi connectivity index (χ0n) is 14.1. The van der Waals surface area contributed by atoms with Crippen molar-refractivity contribution in [1.82, 2.24) is 15.0 Å². The molecule has 3 rings (SSSR count). The second-order valence-electron chi connectivity index (χ2n) is 5.41. The average Bonchev–Trinajstić information content (AvgIpc) is 2.61. The number of rotatable bonds is 4. The van der Waals surface area contributed by atoms with Crippen LogP contribution in [0.5, 0.6) is 0 Å². The Morgan fingerprint density at radius 1 is 1.40 bits per heavy atom. The molecule has 0 aromatic carbocycles. The number of anilines is 1. The van der Waals surface area contributed by atoms with Gasteiger partial charge in [0.15, 0.2) is 5.16 Å². The lowest BCUT2D eigenvalue weighted by atomic mass is 9.85. The molecule has 0 radical (unpaired) electrons.